The highest BCUT2D eigenvalue weighted by atomic mass is 19.3. The summed E-state index contributed by atoms with van der Waals surface area (Å²) in [6, 6.07) is 16.9. The molecule has 1 N–H and O–H groups in total. The first-order valence-electron chi connectivity index (χ1n) is 10.5. The van der Waals surface area contributed by atoms with Gasteiger partial charge in [0.05, 0.1) is 11.5 Å². The zero-order valence-corrected chi connectivity index (χ0v) is 17.2. The molecule has 2 atom stereocenters. The van der Waals surface area contributed by atoms with Crippen molar-refractivity contribution < 1.29 is 18.7 Å². The summed E-state index contributed by atoms with van der Waals surface area (Å²) in [5, 5.41) is 10.9. The molecule has 0 bridgehead atoms. The predicted octanol–water partition coefficient (Wildman–Crippen LogP) is 3.87. The van der Waals surface area contributed by atoms with Crippen LogP contribution in [0.2, 0.25) is 0 Å². The zero-order valence-electron chi connectivity index (χ0n) is 17.2. The van der Waals surface area contributed by atoms with E-state index in [1.54, 1.807) is 29.2 Å². The molecule has 160 valence electrons. The number of β-amino-alcohol motifs (C(OH)–C–C–N with tert-alkyl or cyclic N) is 1. The fraction of sp³-hybridized carbons (Fsp3) is 0.458. The standard InChI is InChI=1S/C24H28F2N2O2/c1-23(25,26)15-18-7-9-20(10-8-18)28-14-12-24(22(28)30)11-13-27(17-21(24)29)16-19-5-3-2-4-6-19/h2-10,21,29H,11-17H2,1H3. The van der Waals surface area contributed by atoms with Crippen LogP contribution in [0.1, 0.15) is 30.9 Å². The van der Waals surface area contributed by atoms with E-state index < -0.39 is 17.4 Å². The number of likely N-dealkylation sites (tertiary alicyclic amines) is 1. The number of benzene rings is 2. The Labute approximate surface area is 176 Å². The third-order valence-corrected chi connectivity index (χ3v) is 6.41. The van der Waals surface area contributed by atoms with Crippen LogP contribution in [-0.2, 0) is 17.8 Å². The molecule has 0 aliphatic carbocycles. The molecule has 1 spiro atoms. The summed E-state index contributed by atoms with van der Waals surface area (Å²) in [7, 11) is 0. The van der Waals surface area contributed by atoms with Crippen LogP contribution in [0, 0.1) is 5.41 Å². The summed E-state index contributed by atoms with van der Waals surface area (Å²) in [5.41, 5.74) is 1.70. The van der Waals surface area contributed by atoms with Gasteiger partial charge in [0.2, 0.25) is 11.8 Å². The third kappa shape index (κ3) is 4.25. The number of carbonyl (C=O) groups is 1. The van der Waals surface area contributed by atoms with Gasteiger partial charge in [0.25, 0.3) is 0 Å². The van der Waals surface area contributed by atoms with Gasteiger partial charge >= 0.3 is 0 Å². The van der Waals surface area contributed by atoms with Gasteiger partial charge < -0.3 is 10.0 Å². The number of anilines is 1. The topological polar surface area (TPSA) is 43.8 Å². The van der Waals surface area contributed by atoms with Gasteiger partial charge in [0.15, 0.2) is 0 Å². The van der Waals surface area contributed by atoms with Crippen LogP contribution in [0.5, 0.6) is 0 Å². The van der Waals surface area contributed by atoms with E-state index in [4.69, 9.17) is 0 Å². The van der Waals surface area contributed by atoms with Crippen molar-refractivity contribution in [2.75, 3.05) is 24.5 Å². The van der Waals surface area contributed by atoms with Crippen LogP contribution >= 0.6 is 0 Å². The van der Waals surface area contributed by atoms with Gasteiger partial charge in [-0.2, -0.15) is 0 Å². The highest BCUT2D eigenvalue weighted by Crippen LogP contribution is 2.43. The third-order valence-electron chi connectivity index (χ3n) is 6.41. The Hall–Kier alpha value is -2.31. The SMILES string of the molecule is CC(F)(F)Cc1ccc(N2CCC3(CCN(Cc4ccccc4)CC3O)C2=O)cc1. The van der Waals surface area contributed by atoms with Crippen LogP contribution in [0.25, 0.3) is 0 Å². The van der Waals surface area contributed by atoms with Gasteiger partial charge in [0.1, 0.15) is 0 Å². The molecule has 2 saturated heterocycles. The number of halogens is 2. The summed E-state index contributed by atoms with van der Waals surface area (Å²) in [6.07, 6.45) is 0.198. The van der Waals surface area contributed by atoms with Crippen molar-refractivity contribution in [2.24, 2.45) is 5.41 Å². The summed E-state index contributed by atoms with van der Waals surface area (Å²) in [6.45, 7) is 3.43. The number of piperidine rings is 1. The summed E-state index contributed by atoms with van der Waals surface area (Å²) in [5.74, 6) is -2.81. The smallest absolute Gasteiger partial charge is 0.249 e. The van der Waals surface area contributed by atoms with E-state index in [1.807, 2.05) is 18.2 Å². The van der Waals surface area contributed by atoms with Crippen molar-refractivity contribution in [1.29, 1.82) is 0 Å². The van der Waals surface area contributed by atoms with E-state index in [0.29, 0.717) is 37.2 Å². The Bertz CT molecular complexity index is 882. The fourth-order valence-electron chi connectivity index (χ4n) is 4.75. The molecule has 4 rings (SSSR count). The fourth-order valence-corrected chi connectivity index (χ4v) is 4.75. The maximum atomic E-state index is 13.3. The molecule has 2 aromatic carbocycles. The quantitative estimate of drug-likeness (QED) is 0.808. The Morgan fingerprint density at radius 3 is 2.33 bits per heavy atom. The second-order valence-electron chi connectivity index (χ2n) is 8.76. The lowest BCUT2D eigenvalue weighted by Gasteiger charge is -2.42. The van der Waals surface area contributed by atoms with Gasteiger partial charge in [-0.25, -0.2) is 8.78 Å². The van der Waals surface area contributed by atoms with Crippen LogP contribution in [0.3, 0.4) is 0 Å². The van der Waals surface area contributed by atoms with E-state index in [9.17, 15) is 18.7 Å². The van der Waals surface area contributed by atoms with Crippen LogP contribution in [0.15, 0.2) is 54.6 Å². The van der Waals surface area contributed by atoms with Crippen molar-refractivity contribution in [3.8, 4) is 0 Å². The van der Waals surface area contributed by atoms with Gasteiger partial charge in [-0.05, 0) is 49.6 Å². The minimum Gasteiger partial charge on any atom is -0.391 e. The molecule has 0 radical (unpaired) electrons. The Morgan fingerprint density at radius 1 is 1.03 bits per heavy atom. The Morgan fingerprint density at radius 2 is 1.70 bits per heavy atom. The molecule has 6 heteroatoms. The number of hydrogen-bond donors (Lipinski definition) is 1. The lowest BCUT2D eigenvalue weighted by atomic mass is 9.74. The molecule has 0 saturated carbocycles. The molecule has 2 aromatic rings. The van der Waals surface area contributed by atoms with Crippen molar-refractivity contribution in [3.05, 3.63) is 65.7 Å². The molecule has 2 unspecified atom stereocenters. The molecular weight excluding hydrogens is 386 g/mol. The summed E-state index contributed by atoms with van der Waals surface area (Å²) < 4.78 is 26.5. The van der Waals surface area contributed by atoms with Crippen molar-refractivity contribution in [2.45, 2.75) is 44.8 Å². The monoisotopic (exact) mass is 414 g/mol. The maximum Gasteiger partial charge on any atom is 0.249 e. The number of rotatable bonds is 5. The van der Waals surface area contributed by atoms with Crippen molar-refractivity contribution in [3.63, 3.8) is 0 Å². The van der Waals surface area contributed by atoms with E-state index in [2.05, 4.69) is 17.0 Å². The molecule has 4 nitrogen and oxygen atoms in total. The molecule has 30 heavy (non-hydrogen) atoms. The number of nitrogens with zero attached hydrogens (tertiary/aromatic N) is 2. The number of aliphatic hydroxyl groups excluding tert-OH is 1. The first-order chi connectivity index (χ1) is 14.3. The normalized spacial score (nSPS) is 25.3. The number of aliphatic hydroxyl groups is 1. The molecule has 2 aliphatic rings. The second kappa shape index (κ2) is 8.08. The molecule has 2 fully saturated rings. The highest BCUT2D eigenvalue weighted by molar-refractivity contribution is 6.00. The molecule has 2 aliphatic heterocycles. The minimum atomic E-state index is -2.76. The van der Waals surface area contributed by atoms with E-state index in [1.165, 1.54) is 5.56 Å². The largest absolute Gasteiger partial charge is 0.391 e. The van der Waals surface area contributed by atoms with Gasteiger partial charge in [-0.3, -0.25) is 9.69 Å². The van der Waals surface area contributed by atoms with Gasteiger partial charge in [0, 0.05) is 31.7 Å². The highest BCUT2D eigenvalue weighted by Gasteiger charge is 2.53. The van der Waals surface area contributed by atoms with Crippen LogP contribution in [0.4, 0.5) is 14.5 Å². The first kappa shape index (κ1) is 20.9. The average Bonchev–Trinajstić information content (AvgIpc) is 3.03. The number of hydrogen-bond acceptors (Lipinski definition) is 3. The maximum absolute atomic E-state index is 13.3. The van der Waals surface area contributed by atoms with Crippen molar-refractivity contribution >= 4 is 11.6 Å². The number of alkyl halides is 2. The number of amides is 1. The minimum absolute atomic E-state index is 0.0528. The van der Waals surface area contributed by atoms with Crippen LogP contribution in [-0.4, -0.2) is 47.6 Å². The molecular formula is C24H28F2N2O2. The van der Waals surface area contributed by atoms with E-state index in [-0.39, 0.29) is 12.3 Å². The lowest BCUT2D eigenvalue weighted by Crippen LogP contribution is -2.54. The van der Waals surface area contributed by atoms with Gasteiger partial charge in [-0.15, -0.1) is 0 Å². The molecule has 2 heterocycles. The lowest BCUT2D eigenvalue weighted by molar-refractivity contribution is -0.137. The molecule has 0 aromatic heterocycles. The Kier molecular flexibility index (Phi) is 5.64. The number of carbonyl (C=O) groups excluding carboxylic acids is 1. The first-order valence-corrected chi connectivity index (χ1v) is 10.5. The van der Waals surface area contributed by atoms with Crippen molar-refractivity contribution in [1.82, 2.24) is 4.90 Å². The Balaban J connectivity index is 1.42. The van der Waals surface area contributed by atoms with Crippen LogP contribution < -0.4 is 4.90 Å². The molecule has 1 amide bonds. The predicted molar refractivity (Wildman–Crippen MR) is 113 cm³/mol. The zero-order chi connectivity index (χ0) is 21.4. The summed E-state index contributed by atoms with van der Waals surface area (Å²) >= 11 is 0. The van der Waals surface area contributed by atoms with E-state index >= 15 is 0 Å². The average molecular weight is 414 g/mol. The second-order valence-corrected chi connectivity index (χ2v) is 8.76. The summed E-state index contributed by atoms with van der Waals surface area (Å²) in [4.78, 5) is 17.2. The van der Waals surface area contributed by atoms with Gasteiger partial charge in [-0.1, -0.05) is 42.5 Å². The van der Waals surface area contributed by atoms with E-state index in [0.717, 1.165) is 20.0 Å².